The van der Waals surface area contributed by atoms with E-state index in [0.717, 1.165) is 22.4 Å². The molecule has 0 amide bonds. The summed E-state index contributed by atoms with van der Waals surface area (Å²) in [5.74, 6) is 1.73. The van der Waals surface area contributed by atoms with Gasteiger partial charge >= 0.3 is 0 Å². The second-order valence-corrected chi connectivity index (χ2v) is 6.15. The number of hydrogen-bond donors (Lipinski definition) is 1. The summed E-state index contributed by atoms with van der Waals surface area (Å²) in [7, 11) is 1.61. The highest BCUT2D eigenvalue weighted by Gasteiger charge is 2.12. The molecule has 0 radical (unpaired) electrons. The van der Waals surface area contributed by atoms with Crippen LogP contribution in [0, 0.1) is 5.82 Å². The number of halogens is 1. The fourth-order valence-corrected chi connectivity index (χ4v) is 2.84. The summed E-state index contributed by atoms with van der Waals surface area (Å²) < 4.78 is 24.5. The molecule has 0 aliphatic heterocycles. The maximum atomic E-state index is 13.1. The highest BCUT2D eigenvalue weighted by molar-refractivity contribution is 5.70. The first kappa shape index (κ1) is 17.7. The minimum absolute atomic E-state index is 0.279. The van der Waals surface area contributed by atoms with Crippen LogP contribution in [0.15, 0.2) is 73.2 Å². The molecule has 0 spiro atoms. The SMILES string of the molecule is COc1cc(OCc2cccnc2)ccc1-c1c[nH]c(-c2ccc(F)cc2)n1. The summed E-state index contributed by atoms with van der Waals surface area (Å²) in [5.41, 5.74) is 3.36. The second-order valence-electron chi connectivity index (χ2n) is 6.15. The normalized spacial score (nSPS) is 10.6. The molecule has 0 aliphatic carbocycles. The van der Waals surface area contributed by atoms with Crippen LogP contribution in [0.5, 0.6) is 11.5 Å². The summed E-state index contributed by atoms with van der Waals surface area (Å²) >= 11 is 0. The highest BCUT2D eigenvalue weighted by atomic mass is 19.1. The molecule has 0 saturated carbocycles. The number of aromatic amines is 1. The zero-order chi connectivity index (χ0) is 19.3. The van der Waals surface area contributed by atoms with Gasteiger partial charge in [-0.2, -0.15) is 0 Å². The van der Waals surface area contributed by atoms with E-state index in [-0.39, 0.29) is 5.82 Å². The molecule has 5 nitrogen and oxygen atoms in total. The molecule has 0 bridgehead atoms. The molecule has 140 valence electrons. The van der Waals surface area contributed by atoms with Crippen molar-refractivity contribution in [2.45, 2.75) is 6.61 Å². The van der Waals surface area contributed by atoms with Gasteiger partial charge in [0.15, 0.2) is 0 Å². The van der Waals surface area contributed by atoms with Crippen LogP contribution in [-0.2, 0) is 6.61 Å². The van der Waals surface area contributed by atoms with Crippen molar-refractivity contribution in [2.75, 3.05) is 7.11 Å². The Morgan fingerprint density at radius 3 is 2.68 bits per heavy atom. The zero-order valence-electron chi connectivity index (χ0n) is 15.2. The molecule has 2 aromatic heterocycles. The Morgan fingerprint density at radius 1 is 1.07 bits per heavy atom. The Hall–Kier alpha value is -3.67. The van der Waals surface area contributed by atoms with Gasteiger partial charge in [-0.05, 0) is 42.5 Å². The van der Waals surface area contributed by atoms with Crippen LogP contribution < -0.4 is 9.47 Å². The molecule has 28 heavy (non-hydrogen) atoms. The summed E-state index contributed by atoms with van der Waals surface area (Å²) in [6.45, 7) is 0.424. The average molecular weight is 375 g/mol. The van der Waals surface area contributed by atoms with Gasteiger partial charge < -0.3 is 14.5 Å². The van der Waals surface area contributed by atoms with Gasteiger partial charge in [-0.15, -0.1) is 0 Å². The van der Waals surface area contributed by atoms with E-state index < -0.39 is 0 Å². The number of rotatable bonds is 6. The van der Waals surface area contributed by atoms with E-state index in [0.29, 0.717) is 23.9 Å². The van der Waals surface area contributed by atoms with Crippen LogP contribution in [0.1, 0.15) is 5.56 Å². The van der Waals surface area contributed by atoms with Crippen molar-refractivity contribution in [3.63, 3.8) is 0 Å². The number of nitrogens with zero attached hydrogens (tertiary/aromatic N) is 2. The van der Waals surface area contributed by atoms with Crippen LogP contribution in [0.2, 0.25) is 0 Å². The highest BCUT2D eigenvalue weighted by Crippen LogP contribution is 2.33. The number of methoxy groups -OCH3 is 1. The van der Waals surface area contributed by atoms with Crippen molar-refractivity contribution in [1.29, 1.82) is 0 Å². The van der Waals surface area contributed by atoms with Crippen LogP contribution in [0.4, 0.5) is 4.39 Å². The Bertz CT molecular complexity index is 1060. The summed E-state index contributed by atoms with van der Waals surface area (Å²) in [6, 6.07) is 15.6. The molecular formula is C22H18FN3O2. The molecule has 4 aromatic rings. The predicted molar refractivity (Wildman–Crippen MR) is 105 cm³/mol. The van der Waals surface area contributed by atoms with Gasteiger partial charge in [0.2, 0.25) is 0 Å². The van der Waals surface area contributed by atoms with Crippen molar-refractivity contribution in [3.8, 4) is 34.1 Å². The Balaban J connectivity index is 1.55. The number of nitrogens with one attached hydrogen (secondary N) is 1. The molecule has 6 heteroatoms. The van der Waals surface area contributed by atoms with Gasteiger partial charge in [0.25, 0.3) is 0 Å². The molecule has 0 unspecified atom stereocenters. The number of pyridine rings is 1. The lowest BCUT2D eigenvalue weighted by Gasteiger charge is -2.10. The summed E-state index contributed by atoms with van der Waals surface area (Å²) in [6.07, 6.45) is 5.30. The van der Waals surface area contributed by atoms with E-state index in [4.69, 9.17) is 9.47 Å². The van der Waals surface area contributed by atoms with Crippen molar-refractivity contribution < 1.29 is 13.9 Å². The lowest BCUT2D eigenvalue weighted by Crippen LogP contribution is -1.97. The molecule has 0 fully saturated rings. The van der Waals surface area contributed by atoms with Crippen molar-refractivity contribution in [2.24, 2.45) is 0 Å². The number of aromatic nitrogens is 3. The molecule has 0 saturated heterocycles. The molecular weight excluding hydrogens is 357 g/mol. The number of benzene rings is 2. The van der Waals surface area contributed by atoms with E-state index in [1.165, 1.54) is 12.1 Å². The van der Waals surface area contributed by atoms with E-state index in [2.05, 4.69) is 15.0 Å². The summed E-state index contributed by atoms with van der Waals surface area (Å²) in [5, 5.41) is 0. The Kier molecular flexibility index (Phi) is 5.01. The van der Waals surface area contributed by atoms with Gasteiger partial charge in [-0.25, -0.2) is 9.37 Å². The molecule has 0 aliphatic rings. The lowest BCUT2D eigenvalue weighted by molar-refractivity contribution is 0.303. The monoisotopic (exact) mass is 375 g/mol. The van der Waals surface area contributed by atoms with Crippen LogP contribution in [-0.4, -0.2) is 22.1 Å². The average Bonchev–Trinajstić information content (AvgIpc) is 3.23. The van der Waals surface area contributed by atoms with Crippen LogP contribution >= 0.6 is 0 Å². The Labute approximate surface area is 161 Å². The van der Waals surface area contributed by atoms with Gasteiger partial charge in [0.1, 0.15) is 29.7 Å². The number of imidazole rings is 1. The largest absolute Gasteiger partial charge is 0.496 e. The maximum absolute atomic E-state index is 13.1. The fraction of sp³-hybridized carbons (Fsp3) is 0.0909. The minimum Gasteiger partial charge on any atom is -0.496 e. The van der Waals surface area contributed by atoms with E-state index >= 15 is 0 Å². The number of hydrogen-bond acceptors (Lipinski definition) is 4. The standard InChI is InChI=1S/C22H18FN3O2/c1-27-21-11-18(28-14-15-3-2-10-24-12-15)8-9-19(21)20-13-25-22(26-20)16-4-6-17(23)7-5-16/h2-13H,14H2,1H3,(H,25,26). The maximum Gasteiger partial charge on any atom is 0.138 e. The van der Waals surface area contributed by atoms with E-state index in [1.807, 2.05) is 30.3 Å². The van der Waals surface area contributed by atoms with Gasteiger partial charge in [-0.3, -0.25) is 4.98 Å². The third kappa shape index (κ3) is 3.86. The molecule has 2 heterocycles. The first-order valence-electron chi connectivity index (χ1n) is 8.74. The van der Waals surface area contributed by atoms with Gasteiger partial charge in [0, 0.05) is 41.3 Å². The van der Waals surface area contributed by atoms with Crippen molar-refractivity contribution in [3.05, 3.63) is 84.6 Å². The smallest absolute Gasteiger partial charge is 0.138 e. The van der Waals surface area contributed by atoms with Crippen LogP contribution in [0.25, 0.3) is 22.6 Å². The first-order chi connectivity index (χ1) is 13.7. The molecule has 1 N–H and O–H groups in total. The third-order valence-corrected chi connectivity index (χ3v) is 4.27. The van der Waals surface area contributed by atoms with Crippen LogP contribution in [0.3, 0.4) is 0 Å². The quantitative estimate of drug-likeness (QED) is 0.523. The number of H-pyrrole nitrogens is 1. The fourth-order valence-electron chi connectivity index (χ4n) is 2.84. The van der Waals surface area contributed by atoms with Crippen molar-refractivity contribution >= 4 is 0 Å². The van der Waals surface area contributed by atoms with Gasteiger partial charge in [0.05, 0.1) is 12.8 Å². The van der Waals surface area contributed by atoms with E-state index in [9.17, 15) is 4.39 Å². The molecule has 2 aromatic carbocycles. The third-order valence-electron chi connectivity index (χ3n) is 4.27. The zero-order valence-corrected chi connectivity index (χ0v) is 15.2. The minimum atomic E-state index is -0.279. The molecule has 0 atom stereocenters. The predicted octanol–water partition coefficient (Wildman–Crippen LogP) is 4.87. The second kappa shape index (κ2) is 7.92. The number of ether oxygens (including phenoxy) is 2. The lowest BCUT2D eigenvalue weighted by atomic mass is 10.1. The van der Waals surface area contributed by atoms with E-state index in [1.54, 1.807) is 37.8 Å². The van der Waals surface area contributed by atoms with Crippen molar-refractivity contribution in [1.82, 2.24) is 15.0 Å². The molecule has 4 rings (SSSR count). The summed E-state index contributed by atoms with van der Waals surface area (Å²) in [4.78, 5) is 11.8. The van der Waals surface area contributed by atoms with Gasteiger partial charge in [-0.1, -0.05) is 6.07 Å². The first-order valence-corrected chi connectivity index (χ1v) is 8.74. The Morgan fingerprint density at radius 2 is 1.93 bits per heavy atom. The topological polar surface area (TPSA) is 60.0 Å².